The summed E-state index contributed by atoms with van der Waals surface area (Å²) in [7, 11) is 0. The van der Waals surface area contributed by atoms with Crippen LogP contribution in [0.5, 0.6) is 0 Å². The van der Waals surface area contributed by atoms with Crippen LogP contribution in [0.1, 0.15) is 5.69 Å². The maximum atomic E-state index is 13.5. The zero-order valence-corrected chi connectivity index (χ0v) is 12.9. The highest BCUT2D eigenvalue weighted by Crippen LogP contribution is 2.27. The largest absolute Gasteiger partial charge is 0.390 e. The molecule has 1 N–H and O–H groups in total. The third kappa shape index (κ3) is 2.47. The molecule has 0 radical (unpaired) electrons. The van der Waals surface area contributed by atoms with E-state index in [1.54, 1.807) is 10.5 Å². The Morgan fingerprint density at radius 1 is 0.833 bits per heavy atom. The molecule has 0 atom stereocenters. The fraction of sp³-hybridized carbons (Fsp3) is 0.0500. The summed E-state index contributed by atoms with van der Waals surface area (Å²) in [4.78, 5) is 4.53. The summed E-state index contributed by atoms with van der Waals surface area (Å²) in [6, 6.07) is 21.1. The summed E-state index contributed by atoms with van der Waals surface area (Å²) < 4.78 is 15.1. The van der Waals surface area contributed by atoms with E-state index < -0.39 is 0 Å². The lowest BCUT2D eigenvalue weighted by Gasteiger charge is -2.05. The molecule has 0 saturated carbocycles. The highest BCUT2D eigenvalue weighted by Gasteiger charge is 2.13. The van der Waals surface area contributed by atoms with Crippen molar-refractivity contribution in [1.29, 1.82) is 0 Å². The van der Waals surface area contributed by atoms with Crippen molar-refractivity contribution in [2.75, 3.05) is 0 Å². The van der Waals surface area contributed by atoms with Gasteiger partial charge in [-0.15, -0.1) is 0 Å². The van der Waals surface area contributed by atoms with Crippen molar-refractivity contribution in [3.63, 3.8) is 0 Å². The predicted molar refractivity (Wildman–Crippen MR) is 91.9 cm³/mol. The molecule has 2 aromatic carbocycles. The van der Waals surface area contributed by atoms with Gasteiger partial charge in [0.25, 0.3) is 0 Å². The second kappa shape index (κ2) is 5.91. The molecule has 0 saturated heterocycles. The topological polar surface area (TPSA) is 37.5 Å². The van der Waals surface area contributed by atoms with Crippen LogP contribution >= 0.6 is 0 Å². The van der Waals surface area contributed by atoms with Gasteiger partial charge in [-0.2, -0.15) is 0 Å². The number of hydrogen-bond donors (Lipinski definition) is 1. The first-order valence-corrected chi connectivity index (χ1v) is 7.69. The van der Waals surface area contributed by atoms with Crippen molar-refractivity contribution in [2.45, 2.75) is 6.61 Å². The fourth-order valence-corrected chi connectivity index (χ4v) is 2.90. The summed E-state index contributed by atoms with van der Waals surface area (Å²) in [6.07, 6.45) is 1.34. The quantitative estimate of drug-likeness (QED) is 0.611. The van der Waals surface area contributed by atoms with Crippen molar-refractivity contribution in [1.82, 2.24) is 9.38 Å². The zero-order valence-electron chi connectivity index (χ0n) is 12.9. The number of aliphatic hydroxyl groups excluding tert-OH is 1. The summed E-state index contributed by atoms with van der Waals surface area (Å²) in [5.74, 6) is -0.361. The molecule has 3 nitrogen and oxygen atoms in total. The molecule has 0 fully saturated rings. The smallest absolute Gasteiger partial charge is 0.139 e. The van der Waals surface area contributed by atoms with E-state index in [9.17, 15) is 9.50 Å². The molecule has 0 aliphatic carbocycles. The molecule has 4 rings (SSSR count). The molecule has 2 aromatic heterocycles. The maximum Gasteiger partial charge on any atom is 0.139 e. The second-order valence-corrected chi connectivity index (χ2v) is 5.58. The lowest BCUT2D eigenvalue weighted by atomic mass is 10.0. The number of benzene rings is 2. The van der Waals surface area contributed by atoms with Gasteiger partial charge in [-0.05, 0) is 23.3 Å². The predicted octanol–water partition coefficient (Wildman–Crippen LogP) is 4.30. The second-order valence-electron chi connectivity index (χ2n) is 5.58. The van der Waals surface area contributed by atoms with E-state index in [1.165, 1.54) is 12.3 Å². The normalized spacial score (nSPS) is 11.1. The van der Waals surface area contributed by atoms with Gasteiger partial charge in [-0.25, -0.2) is 9.37 Å². The van der Waals surface area contributed by atoms with Gasteiger partial charge in [0.15, 0.2) is 0 Å². The van der Waals surface area contributed by atoms with E-state index in [0.717, 1.165) is 16.7 Å². The van der Waals surface area contributed by atoms with E-state index >= 15 is 0 Å². The van der Waals surface area contributed by atoms with Crippen LogP contribution in [0.2, 0.25) is 0 Å². The van der Waals surface area contributed by atoms with Gasteiger partial charge in [0.05, 0.1) is 18.0 Å². The van der Waals surface area contributed by atoms with Crippen LogP contribution in [0.4, 0.5) is 4.39 Å². The van der Waals surface area contributed by atoms with Gasteiger partial charge in [-0.3, -0.25) is 4.40 Å². The summed E-state index contributed by atoms with van der Waals surface area (Å²) in [6.45, 7) is -0.208. The zero-order chi connectivity index (χ0) is 16.5. The van der Waals surface area contributed by atoms with E-state index in [4.69, 9.17) is 0 Å². The fourth-order valence-electron chi connectivity index (χ4n) is 2.90. The van der Waals surface area contributed by atoms with Crippen LogP contribution < -0.4 is 0 Å². The summed E-state index contributed by atoms with van der Waals surface area (Å²) in [5.41, 5.74) is 5.01. The van der Waals surface area contributed by atoms with Crippen molar-refractivity contribution >= 4 is 5.65 Å². The van der Waals surface area contributed by atoms with Gasteiger partial charge in [0.2, 0.25) is 0 Å². The number of aliphatic hydroxyl groups is 1. The molecule has 4 aromatic rings. The number of halogens is 1. The SMILES string of the molecule is OCc1c(-c2ccc(-c3ccccc3)cc2)nc2ccc(F)cn12. The molecule has 2 heterocycles. The number of nitrogens with zero attached hydrogens (tertiary/aromatic N) is 2. The minimum Gasteiger partial charge on any atom is -0.390 e. The average Bonchev–Trinajstić information content (AvgIpc) is 3.00. The van der Waals surface area contributed by atoms with Crippen molar-refractivity contribution < 1.29 is 9.50 Å². The third-order valence-electron chi connectivity index (χ3n) is 4.10. The number of hydrogen-bond acceptors (Lipinski definition) is 2. The van der Waals surface area contributed by atoms with Gasteiger partial charge >= 0.3 is 0 Å². The number of rotatable bonds is 3. The van der Waals surface area contributed by atoms with Crippen LogP contribution in [0, 0.1) is 5.82 Å². The average molecular weight is 318 g/mol. The van der Waals surface area contributed by atoms with Crippen LogP contribution in [0.3, 0.4) is 0 Å². The van der Waals surface area contributed by atoms with Crippen LogP contribution in [-0.2, 0) is 6.61 Å². The van der Waals surface area contributed by atoms with E-state index in [0.29, 0.717) is 17.0 Å². The molecule has 4 heteroatoms. The number of imidazole rings is 1. The Morgan fingerprint density at radius 2 is 1.50 bits per heavy atom. The van der Waals surface area contributed by atoms with Crippen molar-refractivity contribution in [3.05, 3.63) is 84.4 Å². The Morgan fingerprint density at radius 3 is 2.21 bits per heavy atom. The Kier molecular flexibility index (Phi) is 3.59. The van der Waals surface area contributed by atoms with E-state index in [-0.39, 0.29) is 12.4 Å². The first-order chi connectivity index (χ1) is 11.8. The van der Waals surface area contributed by atoms with Gasteiger partial charge in [0.1, 0.15) is 11.5 Å². The van der Waals surface area contributed by atoms with E-state index in [2.05, 4.69) is 17.1 Å². The monoisotopic (exact) mass is 318 g/mol. The lowest BCUT2D eigenvalue weighted by Crippen LogP contribution is -1.95. The van der Waals surface area contributed by atoms with Gasteiger partial charge < -0.3 is 5.11 Å². The highest BCUT2D eigenvalue weighted by molar-refractivity contribution is 5.71. The van der Waals surface area contributed by atoms with Gasteiger partial charge in [-0.1, -0.05) is 54.6 Å². The summed E-state index contributed by atoms with van der Waals surface area (Å²) in [5, 5.41) is 9.71. The van der Waals surface area contributed by atoms with E-state index in [1.807, 2.05) is 42.5 Å². The Bertz CT molecular complexity index is 992. The molecule has 24 heavy (non-hydrogen) atoms. The van der Waals surface area contributed by atoms with Crippen LogP contribution in [0.25, 0.3) is 28.0 Å². The van der Waals surface area contributed by atoms with Crippen LogP contribution in [-0.4, -0.2) is 14.5 Å². The molecule has 118 valence electrons. The first kappa shape index (κ1) is 14.6. The number of pyridine rings is 1. The Labute approximate surface area is 138 Å². The highest BCUT2D eigenvalue weighted by atomic mass is 19.1. The van der Waals surface area contributed by atoms with Crippen molar-refractivity contribution in [2.24, 2.45) is 0 Å². The minimum atomic E-state index is -0.361. The van der Waals surface area contributed by atoms with Gasteiger partial charge in [0, 0.05) is 11.8 Å². The molecular weight excluding hydrogens is 303 g/mol. The lowest BCUT2D eigenvalue weighted by molar-refractivity contribution is 0.276. The van der Waals surface area contributed by atoms with Crippen LogP contribution in [0.15, 0.2) is 72.9 Å². The minimum absolute atomic E-state index is 0.208. The Hall–Kier alpha value is -2.98. The number of fused-ring (bicyclic) bond motifs is 1. The molecule has 0 aliphatic heterocycles. The molecule has 0 bridgehead atoms. The molecule has 0 amide bonds. The third-order valence-corrected chi connectivity index (χ3v) is 4.10. The molecule has 0 aliphatic rings. The molecule has 0 spiro atoms. The standard InChI is InChI=1S/C20H15FN2O/c21-17-10-11-19-22-20(18(13-24)23(19)12-17)16-8-6-15(7-9-16)14-4-2-1-3-5-14/h1-12,24H,13H2. The van der Waals surface area contributed by atoms with Crippen molar-refractivity contribution in [3.8, 4) is 22.4 Å². The Balaban J connectivity index is 1.80. The maximum absolute atomic E-state index is 13.5. The summed E-state index contributed by atoms with van der Waals surface area (Å²) >= 11 is 0. The molecular formula is C20H15FN2O. The number of aromatic nitrogens is 2. The first-order valence-electron chi connectivity index (χ1n) is 7.69. The molecule has 0 unspecified atom stereocenters.